The SMILES string of the molecule is CCNC(CC1Cc2ccccc21)C(CC)CC. The highest BCUT2D eigenvalue weighted by atomic mass is 14.9. The molecule has 1 aromatic carbocycles. The van der Waals surface area contributed by atoms with Gasteiger partial charge in [0.15, 0.2) is 0 Å². The van der Waals surface area contributed by atoms with Gasteiger partial charge in [-0.25, -0.2) is 0 Å². The fourth-order valence-electron chi connectivity index (χ4n) is 3.44. The second kappa shape index (κ2) is 6.38. The Morgan fingerprint density at radius 2 is 1.89 bits per heavy atom. The van der Waals surface area contributed by atoms with Crippen LogP contribution in [0, 0.1) is 5.92 Å². The van der Waals surface area contributed by atoms with Crippen molar-refractivity contribution in [3.05, 3.63) is 35.4 Å². The van der Waals surface area contributed by atoms with E-state index in [2.05, 4.69) is 50.4 Å². The van der Waals surface area contributed by atoms with Gasteiger partial charge in [0.2, 0.25) is 0 Å². The van der Waals surface area contributed by atoms with Crippen molar-refractivity contribution in [1.82, 2.24) is 5.32 Å². The van der Waals surface area contributed by atoms with Gasteiger partial charge < -0.3 is 5.32 Å². The summed E-state index contributed by atoms with van der Waals surface area (Å²) in [5.41, 5.74) is 3.17. The fourth-order valence-corrected chi connectivity index (χ4v) is 3.44. The zero-order valence-corrected chi connectivity index (χ0v) is 12.1. The molecule has 0 radical (unpaired) electrons. The van der Waals surface area contributed by atoms with E-state index in [9.17, 15) is 0 Å². The van der Waals surface area contributed by atoms with Gasteiger partial charge in [0.1, 0.15) is 0 Å². The first-order valence-corrected chi connectivity index (χ1v) is 7.61. The molecule has 18 heavy (non-hydrogen) atoms. The van der Waals surface area contributed by atoms with E-state index < -0.39 is 0 Å². The van der Waals surface area contributed by atoms with Gasteiger partial charge in [0.05, 0.1) is 0 Å². The van der Waals surface area contributed by atoms with Crippen molar-refractivity contribution >= 4 is 0 Å². The molecule has 1 aliphatic rings. The van der Waals surface area contributed by atoms with E-state index >= 15 is 0 Å². The van der Waals surface area contributed by atoms with Crippen molar-refractivity contribution in [2.75, 3.05) is 6.54 Å². The minimum absolute atomic E-state index is 0.698. The predicted molar refractivity (Wildman–Crippen MR) is 79.0 cm³/mol. The summed E-state index contributed by atoms with van der Waals surface area (Å²) in [6, 6.07) is 9.65. The van der Waals surface area contributed by atoms with Crippen molar-refractivity contribution in [3.63, 3.8) is 0 Å². The third-order valence-corrected chi connectivity index (χ3v) is 4.58. The molecule has 0 aromatic heterocycles. The molecule has 0 bridgehead atoms. The number of fused-ring (bicyclic) bond motifs is 1. The van der Waals surface area contributed by atoms with E-state index in [-0.39, 0.29) is 0 Å². The second-order valence-electron chi connectivity index (χ2n) is 5.58. The molecule has 1 nitrogen and oxygen atoms in total. The molecule has 1 aliphatic carbocycles. The highest BCUT2D eigenvalue weighted by Crippen LogP contribution is 2.39. The van der Waals surface area contributed by atoms with Crippen LogP contribution in [-0.4, -0.2) is 12.6 Å². The Morgan fingerprint density at radius 1 is 1.17 bits per heavy atom. The molecule has 2 unspecified atom stereocenters. The molecule has 1 N–H and O–H groups in total. The van der Waals surface area contributed by atoms with E-state index in [1.54, 1.807) is 11.1 Å². The van der Waals surface area contributed by atoms with E-state index in [4.69, 9.17) is 0 Å². The highest BCUT2D eigenvalue weighted by Gasteiger charge is 2.29. The van der Waals surface area contributed by atoms with Crippen LogP contribution < -0.4 is 5.32 Å². The standard InChI is InChI=1S/C17H27N/c1-4-13(5-2)17(18-6-3)12-15-11-14-9-7-8-10-16(14)15/h7-10,13,15,17-18H,4-6,11-12H2,1-3H3. The van der Waals surface area contributed by atoms with Gasteiger partial charge in [0.25, 0.3) is 0 Å². The number of nitrogens with one attached hydrogen (secondary N) is 1. The Balaban J connectivity index is 1.99. The van der Waals surface area contributed by atoms with Crippen LogP contribution in [0.1, 0.15) is 57.1 Å². The Hall–Kier alpha value is -0.820. The molecule has 1 heteroatoms. The molecule has 1 aromatic rings. The summed E-state index contributed by atoms with van der Waals surface area (Å²) < 4.78 is 0. The van der Waals surface area contributed by atoms with Crippen LogP contribution >= 0.6 is 0 Å². The molecule has 0 fully saturated rings. The van der Waals surface area contributed by atoms with Gasteiger partial charge in [-0.15, -0.1) is 0 Å². The quantitative estimate of drug-likeness (QED) is 0.761. The maximum absolute atomic E-state index is 3.71. The van der Waals surface area contributed by atoms with E-state index in [0.29, 0.717) is 6.04 Å². The monoisotopic (exact) mass is 245 g/mol. The van der Waals surface area contributed by atoms with Crippen LogP contribution in [0.25, 0.3) is 0 Å². The maximum Gasteiger partial charge on any atom is 0.0101 e. The molecule has 0 saturated heterocycles. The lowest BCUT2D eigenvalue weighted by Crippen LogP contribution is -2.38. The molecule has 0 amide bonds. The van der Waals surface area contributed by atoms with Crippen molar-refractivity contribution in [2.24, 2.45) is 5.92 Å². The molecule has 0 aliphatic heterocycles. The fraction of sp³-hybridized carbons (Fsp3) is 0.647. The number of rotatable bonds is 7. The molecule has 0 saturated carbocycles. The first-order valence-electron chi connectivity index (χ1n) is 7.61. The minimum Gasteiger partial charge on any atom is -0.314 e. The molecule has 2 rings (SSSR count). The Morgan fingerprint density at radius 3 is 2.50 bits per heavy atom. The maximum atomic E-state index is 3.71. The average Bonchev–Trinajstić information content (AvgIpc) is 2.37. The normalized spacial score (nSPS) is 19.4. The van der Waals surface area contributed by atoms with Crippen molar-refractivity contribution < 1.29 is 0 Å². The van der Waals surface area contributed by atoms with Gasteiger partial charge in [-0.2, -0.15) is 0 Å². The van der Waals surface area contributed by atoms with Crippen molar-refractivity contribution in [2.45, 2.75) is 58.4 Å². The van der Waals surface area contributed by atoms with E-state index in [1.165, 1.54) is 25.7 Å². The van der Waals surface area contributed by atoms with Crippen molar-refractivity contribution in [3.8, 4) is 0 Å². The van der Waals surface area contributed by atoms with Crippen LogP contribution in [0.3, 0.4) is 0 Å². The molecule has 2 atom stereocenters. The Kier molecular flexibility index (Phi) is 4.82. The number of benzene rings is 1. The Bertz CT molecular complexity index is 368. The summed E-state index contributed by atoms with van der Waals surface area (Å²) in [7, 11) is 0. The molecule has 100 valence electrons. The van der Waals surface area contributed by atoms with Gasteiger partial charge in [-0.3, -0.25) is 0 Å². The van der Waals surface area contributed by atoms with Crippen LogP contribution in [0.4, 0.5) is 0 Å². The van der Waals surface area contributed by atoms with Crippen LogP contribution in [0.5, 0.6) is 0 Å². The van der Waals surface area contributed by atoms with E-state index in [0.717, 1.165) is 18.4 Å². The summed E-state index contributed by atoms with van der Waals surface area (Å²) in [5, 5.41) is 3.71. The summed E-state index contributed by atoms with van der Waals surface area (Å²) in [6.07, 6.45) is 5.19. The van der Waals surface area contributed by atoms with Gasteiger partial charge in [-0.05, 0) is 42.3 Å². The number of hydrogen-bond donors (Lipinski definition) is 1. The van der Waals surface area contributed by atoms with Crippen molar-refractivity contribution in [1.29, 1.82) is 0 Å². The first kappa shape index (κ1) is 13.6. The third-order valence-electron chi connectivity index (χ3n) is 4.58. The molecular weight excluding hydrogens is 218 g/mol. The van der Waals surface area contributed by atoms with Gasteiger partial charge in [0, 0.05) is 6.04 Å². The minimum atomic E-state index is 0.698. The molecular formula is C17H27N. The summed E-state index contributed by atoms with van der Waals surface area (Å²) >= 11 is 0. The lowest BCUT2D eigenvalue weighted by molar-refractivity contribution is 0.297. The van der Waals surface area contributed by atoms with E-state index in [1.807, 2.05) is 0 Å². The zero-order valence-electron chi connectivity index (χ0n) is 12.1. The molecule has 0 spiro atoms. The second-order valence-corrected chi connectivity index (χ2v) is 5.58. The van der Waals surface area contributed by atoms with Crippen LogP contribution in [0.15, 0.2) is 24.3 Å². The summed E-state index contributed by atoms with van der Waals surface area (Å²) in [6.45, 7) is 7.97. The largest absolute Gasteiger partial charge is 0.314 e. The lowest BCUT2D eigenvalue weighted by Gasteiger charge is -2.36. The van der Waals surface area contributed by atoms with Gasteiger partial charge >= 0.3 is 0 Å². The highest BCUT2D eigenvalue weighted by molar-refractivity contribution is 5.39. The topological polar surface area (TPSA) is 12.0 Å². The average molecular weight is 245 g/mol. The van der Waals surface area contributed by atoms with Crippen LogP contribution in [0.2, 0.25) is 0 Å². The lowest BCUT2D eigenvalue weighted by atomic mass is 9.72. The third kappa shape index (κ3) is 2.77. The summed E-state index contributed by atoms with van der Waals surface area (Å²) in [5.74, 6) is 1.63. The Labute approximate surface area is 112 Å². The van der Waals surface area contributed by atoms with Gasteiger partial charge in [-0.1, -0.05) is 57.9 Å². The van der Waals surface area contributed by atoms with Crippen LogP contribution in [-0.2, 0) is 6.42 Å². The summed E-state index contributed by atoms with van der Waals surface area (Å²) in [4.78, 5) is 0. The first-order chi connectivity index (χ1) is 8.80. The predicted octanol–water partition coefficient (Wildman–Crippen LogP) is 4.13. The zero-order chi connectivity index (χ0) is 13.0. The smallest absolute Gasteiger partial charge is 0.0101 e. The molecule has 0 heterocycles. The number of hydrogen-bond acceptors (Lipinski definition) is 1.